The summed E-state index contributed by atoms with van der Waals surface area (Å²) in [6.45, 7) is 6.04. The van der Waals surface area contributed by atoms with E-state index in [-0.39, 0.29) is 18.5 Å². The average Bonchev–Trinajstić information content (AvgIpc) is 3.37. The zero-order valence-electron chi connectivity index (χ0n) is 17.8. The molecule has 0 amide bonds. The minimum Gasteiger partial charge on any atom is -0.491 e. The Balaban J connectivity index is 1.51. The molecule has 162 valence electrons. The first-order chi connectivity index (χ1) is 14.5. The maximum absolute atomic E-state index is 12.6. The summed E-state index contributed by atoms with van der Waals surface area (Å²) >= 11 is 0. The van der Waals surface area contributed by atoms with Gasteiger partial charge in [0.2, 0.25) is 5.78 Å². The second kappa shape index (κ2) is 10.4. The number of hydrogen-bond donors (Lipinski definition) is 0. The fourth-order valence-corrected chi connectivity index (χ4v) is 3.55. The summed E-state index contributed by atoms with van der Waals surface area (Å²) in [4.78, 5) is 24.9. The summed E-state index contributed by atoms with van der Waals surface area (Å²) < 4.78 is 23.6. The molecular formula is C23H29NO6. The van der Waals surface area contributed by atoms with E-state index in [1.807, 2.05) is 24.5 Å². The van der Waals surface area contributed by atoms with Crippen molar-refractivity contribution in [3.05, 3.63) is 52.8 Å². The van der Waals surface area contributed by atoms with Gasteiger partial charge in [-0.05, 0) is 57.0 Å². The van der Waals surface area contributed by atoms with E-state index in [0.717, 1.165) is 30.8 Å². The second-order valence-electron chi connectivity index (χ2n) is 7.40. The zero-order valence-corrected chi connectivity index (χ0v) is 17.8. The van der Waals surface area contributed by atoms with Gasteiger partial charge < -0.3 is 23.5 Å². The molecule has 30 heavy (non-hydrogen) atoms. The first-order valence-corrected chi connectivity index (χ1v) is 10.2. The van der Waals surface area contributed by atoms with Crippen LogP contribution in [0.3, 0.4) is 0 Å². The number of aryl methyl sites for hydroxylation is 1. The number of hydrogen-bond acceptors (Lipinski definition) is 6. The molecule has 0 N–H and O–H groups in total. The fraction of sp³-hybridized carbons (Fsp3) is 0.478. The van der Waals surface area contributed by atoms with Gasteiger partial charge in [-0.3, -0.25) is 4.79 Å². The van der Waals surface area contributed by atoms with Gasteiger partial charge in [0.1, 0.15) is 12.4 Å². The molecule has 1 aliphatic rings. The SMILES string of the molecule is COCCn1c(C)cc(C(=O)COC(=O)c2ccc(OC[C@H]3CCCO3)cc2)c1C. The van der Waals surface area contributed by atoms with Gasteiger partial charge in [0.15, 0.2) is 6.61 Å². The van der Waals surface area contributed by atoms with Crippen molar-refractivity contribution < 1.29 is 28.5 Å². The number of Topliss-reactive ketones (excluding diaryl/α,β-unsaturated/α-hetero) is 1. The lowest BCUT2D eigenvalue weighted by atomic mass is 10.1. The molecule has 1 atom stereocenters. The van der Waals surface area contributed by atoms with E-state index >= 15 is 0 Å². The minimum absolute atomic E-state index is 0.136. The van der Waals surface area contributed by atoms with Crippen molar-refractivity contribution >= 4 is 11.8 Å². The molecule has 1 aromatic heterocycles. The van der Waals surface area contributed by atoms with E-state index in [2.05, 4.69) is 0 Å². The topological polar surface area (TPSA) is 76.0 Å². The van der Waals surface area contributed by atoms with Crippen LogP contribution in [0.2, 0.25) is 0 Å². The van der Waals surface area contributed by atoms with Gasteiger partial charge in [-0.25, -0.2) is 4.79 Å². The number of ketones is 1. The number of carbonyl (C=O) groups excluding carboxylic acids is 2. The number of esters is 1. The van der Waals surface area contributed by atoms with E-state index in [1.54, 1.807) is 31.4 Å². The van der Waals surface area contributed by atoms with Crippen LogP contribution in [-0.4, -0.2) is 56.0 Å². The molecule has 2 aromatic rings. The van der Waals surface area contributed by atoms with Crippen molar-refractivity contribution in [2.24, 2.45) is 0 Å². The maximum atomic E-state index is 12.6. The molecule has 1 fully saturated rings. The highest BCUT2D eigenvalue weighted by Crippen LogP contribution is 2.18. The third kappa shape index (κ3) is 5.49. The first-order valence-electron chi connectivity index (χ1n) is 10.2. The number of benzene rings is 1. The Morgan fingerprint density at radius 3 is 2.63 bits per heavy atom. The standard InChI is InChI=1S/C23H29NO6/c1-16-13-21(17(2)24(16)10-12-27-3)22(25)15-30-23(26)18-6-8-19(9-7-18)29-14-20-5-4-11-28-20/h6-9,13,20H,4-5,10-12,14-15H2,1-3H3/t20-/m1/s1. The molecule has 7 nitrogen and oxygen atoms in total. The Hall–Kier alpha value is -2.64. The number of nitrogens with zero attached hydrogens (tertiary/aromatic N) is 1. The van der Waals surface area contributed by atoms with Crippen LogP contribution in [0.1, 0.15) is 44.9 Å². The lowest BCUT2D eigenvalue weighted by Crippen LogP contribution is -2.16. The molecule has 0 radical (unpaired) electrons. The highest BCUT2D eigenvalue weighted by atomic mass is 16.5. The molecule has 7 heteroatoms. The molecule has 0 unspecified atom stereocenters. The Morgan fingerprint density at radius 1 is 1.20 bits per heavy atom. The molecule has 0 bridgehead atoms. The number of ether oxygens (including phenoxy) is 4. The van der Waals surface area contributed by atoms with Crippen molar-refractivity contribution in [3.63, 3.8) is 0 Å². The van der Waals surface area contributed by atoms with Crippen LogP contribution in [0.4, 0.5) is 0 Å². The van der Waals surface area contributed by atoms with Gasteiger partial charge in [0.05, 0.1) is 18.3 Å². The minimum atomic E-state index is -0.540. The summed E-state index contributed by atoms with van der Waals surface area (Å²) in [5.41, 5.74) is 2.75. The van der Waals surface area contributed by atoms with Gasteiger partial charge in [-0.2, -0.15) is 0 Å². The Labute approximate surface area is 176 Å². The molecule has 3 rings (SSSR count). The third-order valence-corrected chi connectivity index (χ3v) is 5.28. The molecule has 2 heterocycles. The Kier molecular flexibility index (Phi) is 7.65. The van der Waals surface area contributed by atoms with Crippen molar-refractivity contribution in [1.82, 2.24) is 4.57 Å². The molecule has 0 spiro atoms. The zero-order chi connectivity index (χ0) is 21.5. The lowest BCUT2D eigenvalue weighted by Gasteiger charge is -2.11. The Morgan fingerprint density at radius 2 is 1.97 bits per heavy atom. The van der Waals surface area contributed by atoms with E-state index in [9.17, 15) is 9.59 Å². The predicted octanol–water partition coefficient (Wildman–Crippen LogP) is 3.35. The summed E-state index contributed by atoms with van der Waals surface area (Å²) in [6.07, 6.45) is 2.21. The average molecular weight is 415 g/mol. The molecule has 1 saturated heterocycles. The molecular weight excluding hydrogens is 386 g/mol. The van der Waals surface area contributed by atoms with Crippen LogP contribution in [0.25, 0.3) is 0 Å². The smallest absolute Gasteiger partial charge is 0.338 e. The van der Waals surface area contributed by atoms with Crippen molar-refractivity contribution in [3.8, 4) is 5.75 Å². The molecule has 0 saturated carbocycles. The van der Waals surface area contributed by atoms with Crippen LogP contribution in [-0.2, 0) is 20.8 Å². The number of aromatic nitrogens is 1. The Bertz CT molecular complexity index is 865. The fourth-order valence-electron chi connectivity index (χ4n) is 3.55. The number of carbonyl (C=O) groups is 2. The quantitative estimate of drug-likeness (QED) is 0.438. The molecule has 1 aromatic carbocycles. The highest BCUT2D eigenvalue weighted by Gasteiger charge is 2.18. The number of rotatable bonds is 10. The summed E-state index contributed by atoms with van der Waals surface area (Å²) in [5.74, 6) is -0.0968. The van der Waals surface area contributed by atoms with E-state index in [0.29, 0.717) is 36.6 Å². The predicted molar refractivity (Wildman–Crippen MR) is 111 cm³/mol. The van der Waals surface area contributed by atoms with Crippen molar-refractivity contribution in [2.45, 2.75) is 39.3 Å². The van der Waals surface area contributed by atoms with Crippen molar-refractivity contribution in [1.29, 1.82) is 0 Å². The van der Waals surface area contributed by atoms with Crippen LogP contribution >= 0.6 is 0 Å². The second-order valence-corrected chi connectivity index (χ2v) is 7.40. The van der Waals surface area contributed by atoms with E-state index < -0.39 is 5.97 Å². The van der Waals surface area contributed by atoms with Crippen LogP contribution < -0.4 is 4.74 Å². The summed E-state index contributed by atoms with van der Waals surface area (Å²) in [6, 6.07) is 8.53. The van der Waals surface area contributed by atoms with Crippen molar-refractivity contribution in [2.75, 3.05) is 33.5 Å². The van der Waals surface area contributed by atoms with Gasteiger partial charge >= 0.3 is 5.97 Å². The lowest BCUT2D eigenvalue weighted by molar-refractivity contribution is 0.0474. The maximum Gasteiger partial charge on any atom is 0.338 e. The van der Waals surface area contributed by atoms with E-state index in [4.69, 9.17) is 18.9 Å². The van der Waals surface area contributed by atoms with Gasteiger partial charge in [0, 0.05) is 37.2 Å². The van der Waals surface area contributed by atoms with Crippen LogP contribution in [0.15, 0.2) is 30.3 Å². The monoisotopic (exact) mass is 415 g/mol. The highest BCUT2D eigenvalue weighted by molar-refractivity contribution is 6.00. The van der Waals surface area contributed by atoms with E-state index in [1.165, 1.54) is 0 Å². The largest absolute Gasteiger partial charge is 0.491 e. The molecule has 1 aliphatic heterocycles. The van der Waals surface area contributed by atoms with Crippen LogP contribution in [0, 0.1) is 13.8 Å². The summed E-state index contributed by atoms with van der Waals surface area (Å²) in [5, 5.41) is 0. The molecule has 0 aliphatic carbocycles. The van der Waals surface area contributed by atoms with Gasteiger partial charge in [-0.15, -0.1) is 0 Å². The van der Waals surface area contributed by atoms with Gasteiger partial charge in [0.25, 0.3) is 0 Å². The normalized spacial score (nSPS) is 15.9. The first kappa shape index (κ1) is 22.1. The summed E-state index contributed by atoms with van der Waals surface area (Å²) in [7, 11) is 1.64. The number of methoxy groups -OCH3 is 1. The van der Waals surface area contributed by atoms with Gasteiger partial charge in [-0.1, -0.05) is 0 Å². The van der Waals surface area contributed by atoms with Crippen LogP contribution in [0.5, 0.6) is 5.75 Å². The third-order valence-electron chi connectivity index (χ3n) is 5.28.